The van der Waals surface area contributed by atoms with Crippen molar-refractivity contribution in [3.63, 3.8) is 0 Å². The van der Waals surface area contributed by atoms with Crippen LogP contribution in [0.5, 0.6) is 0 Å². The third-order valence-corrected chi connectivity index (χ3v) is 22.9. The molecule has 2 heteroatoms. The summed E-state index contributed by atoms with van der Waals surface area (Å²) in [7, 11) is 0. The molecule has 1 N–H and O–H groups in total. The molecule has 14 unspecified atom stereocenters. The summed E-state index contributed by atoms with van der Waals surface area (Å²) in [5.41, 5.74) is 44.3. The SMILES string of the molecule is O=C(CO)CCCC1(c2ccccc2)C23c4c5c6c7c8c4C4C9=C%10C=CC%11CC%12=CC%13C=C%14CC%15=CC%16=C(c%17c-5c2c2c5c%17C%16C=CC5=C5C=CC%10C(C52)C913)C6C%15C%14=C7C%13C8=C%12C%114. The molecule has 0 amide bonds. The van der Waals surface area contributed by atoms with Crippen LogP contribution in [0.3, 0.4) is 0 Å². The lowest BCUT2D eigenvalue weighted by Crippen LogP contribution is -2.43. The highest BCUT2D eigenvalue weighted by Crippen LogP contribution is 3.02. The molecule has 0 aromatic heterocycles. The number of fused-ring (bicyclic) bond motifs is 2. The van der Waals surface area contributed by atoms with Gasteiger partial charge in [-0.2, -0.15) is 0 Å². The van der Waals surface area contributed by atoms with E-state index in [-0.39, 0.29) is 28.6 Å². The summed E-state index contributed by atoms with van der Waals surface area (Å²) in [6, 6.07) is 12.0. The van der Waals surface area contributed by atoms with E-state index in [0.717, 1.165) is 19.3 Å². The van der Waals surface area contributed by atoms with Gasteiger partial charge >= 0.3 is 0 Å². The highest BCUT2D eigenvalue weighted by atomic mass is 16.3. The van der Waals surface area contributed by atoms with Crippen LogP contribution in [0.1, 0.15) is 117 Å². The molecule has 2 nitrogen and oxygen atoms in total. The van der Waals surface area contributed by atoms with Crippen LogP contribution >= 0.6 is 0 Å². The number of rotatable bonds is 6. The summed E-state index contributed by atoms with van der Waals surface area (Å²) in [5.74, 6) is 4.70. The second kappa shape index (κ2) is 8.09. The summed E-state index contributed by atoms with van der Waals surface area (Å²) in [6.07, 6.45) is 29.2. The Balaban J connectivity index is 1.05. The number of hydrogen-bond acceptors (Lipinski definition) is 2. The lowest BCUT2D eigenvalue weighted by molar-refractivity contribution is -0.121. The first kappa shape index (κ1) is 29.7. The molecule has 3 fully saturated rings. The van der Waals surface area contributed by atoms with Crippen molar-refractivity contribution in [3.05, 3.63) is 196 Å². The van der Waals surface area contributed by atoms with E-state index in [1.54, 1.807) is 123 Å². The summed E-state index contributed by atoms with van der Waals surface area (Å²) in [6.45, 7) is -0.354. The average Bonchev–Trinajstić information content (AvgIpc) is 4.04. The Morgan fingerprint density at radius 1 is 0.698 bits per heavy atom. The van der Waals surface area contributed by atoms with Gasteiger partial charge in [0, 0.05) is 75.9 Å². The van der Waals surface area contributed by atoms with E-state index in [9.17, 15) is 9.90 Å². The van der Waals surface area contributed by atoms with E-state index < -0.39 is 0 Å². The molecule has 0 heterocycles. The van der Waals surface area contributed by atoms with Gasteiger partial charge < -0.3 is 5.11 Å². The smallest absolute Gasteiger partial charge is 0.158 e. The normalized spacial score (nSPS) is 44.0. The van der Waals surface area contributed by atoms with Crippen molar-refractivity contribution in [2.75, 3.05) is 6.61 Å². The van der Waals surface area contributed by atoms with Gasteiger partial charge in [-0.15, -0.1) is 0 Å². The number of ketones is 1. The first-order valence-corrected chi connectivity index (χ1v) is 24.7. The third-order valence-electron chi connectivity index (χ3n) is 22.9. The number of carbonyl (C=O) groups is 1. The van der Waals surface area contributed by atoms with Crippen LogP contribution in [-0.4, -0.2) is 17.5 Å². The topological polar surface area (TPSA) is 37.3 Å². The van der Waals surface area contributed by atoms with Crippen molar-refractivity contribution in [3.8, 4) is 11.1 Å². The van der Waals surface area contributed by atoms with E-state index in [2.05, 4.69) is 85.0 Å². The van der Waals surface area contributed by atoms with Gasteiger partial charge in [0.05, 0.1) is 0 Å². The fourth-order valence-corrected chi connectivity index (χ4v) is 22.7. The van der Waals surface area contributed by atoms with E-state index in [1.807, 2.05) is 16.7 Å². The molecule has 0 saturated heterocycles. The van der Waals surface area contributed by atoms with Gasteiger partial charge in [0.25, 0.3) is 0 Å². The molecular weight excluding hydrogens is 765 g/mol. The maximum atomic E-state index is 13.3. The molecule has 3 aromatic rings. The number of aliphatic hydroxyl groups excluding tert-OH is 1. The predicted octanol–water partition coefficient (Wildman–Crippen LogP) is 11.0. The van der Waals surface area contributed by atoms with Crippen molar-refractivity contribution in [1.82, 2.24) is 0 Å². The van der Waals surface area contributed by atoms with Crippen LogP contribution < -0.4 is 0 Å². The fraction of sp³-hybridized carbons (Fsp3) is 0.328. The minimum atomic E-state index is -0.354. The number of hydrogen-bond donors (Lipinski definition) is 1. The molecule has 19 aliphatic rings. The molecule has 14 atom stereocenters. The van der Waals surface area contributed by atoms with Gasteiger partial charge in [0.2, 0.25) is 0 Å². The highest BCUT2D eigenvalue weighted by molar-refractivity contribution is 6.19. The molecule has 294 valence electrons. The molecule has 22 rings (SSSR count). The van der Waals surface area contributed by atoms with Gasteiger partial charge in [-0.25, -0.2) is 0 Å². The zero-order valence-electron chi connectivity index (χ0n) is 34.5. The standard InChI is InChI=1S/C61H38O2/c62-20-27(63)7-4-14-59(26-5-2-1-3-6-26)60-55-32-13-12-29-28-10-11-30-33-19-25-18-23-17-24-16-22-15-21-8-9-31(32)56(60)50-34(21)35(22)44-38(24)43-36(23)37(25)45-41(33)46-39(30)40(28)51(42(29)55)57-52(46)54-49(45)47(43)48(44)53(50)58(54)61(57,59)60/h1-3,5-6,8-13,16-17,19,21,24,30,32,34,37-38,42,45,50,55,62H,4,7,14-15,18,20H2. The van der Waals surface area contributed by atoms with Crippen molar-refractivity contribution in [2.45, 2.75) is 66.6 Å². The molecule has 3 aromatic carbocycles. The predicted molar refractivity (Wildman–Crippen MR) is 240 cm³/mol. The van der Waals surface area contributed by atoms with Crippen LogP contribution in [0, 0.1) is 46.8 Å². The van der Waals surface area contributed by atoms with Crippen LogP contribution in [0.2, 0.25) is 0 Å². The van der Waals surface area contributed by atoms with Crippen molar-refractivity contribution < 1.29 is 9.90 Å². The molecule has 19 aliphatic carbocycles. The Labute approximate surface area is 363 Å². The number of allylic oxidation sites excluding steroid dienone is 22. The Morgan fingerprint density at radius 3 is 2.44 bits per heavy atom. The summed E-state index contributed by atoms with van der Waals surface area (Å²) in [4.78, 5) is 13.3. The first-order valence-electron chi connectivity index (χ1n) is 24.7. The van der Waals surface area contributed by atoms with Gasteiger partial charge in [0.15, 0.2) is 5.78 Å². The van der Waals surface area contributed by atoms with Gasteiger partial charge in [-0.1, -0.05) is 90.6 Å². The Hall–Kier alpha value is -5.57. The third kappa shape index (κ3) is 2.17. The van der Waals surface area contributed by atoms with Crippen LogP contribution in [-0.2, 0) is 15.6 Å². The maximum absolute atomic E-state index is 13.3. The quantitative estimate of drug-likeness (QED) is 0.270. The first-order chi connectivity index (χ1) is 31.2. The molecule has 2 spiro atoms. The molecule has 3 saturated carbocycles. The highest BCUT2D eigenvalue weighted by Gasteiger charge is 2.98. The minimum Gasteiger partial charge on any atom is -0.389 e. The average molecular weight is 803 g/mol. The van der Waals surface area contributed by atoms with Gasteiger partial charge in [-0.3, -0.25) is 4.79 Å². The monoisotopic (exact) mass is 802 g/mol. The number of carbonyl (C=O) groups excluding carboxylic acids is 1. The molecule has 63 heavy (non-hydrogen) atoms. The summed E-state index contributed by atoms with van der Waals surface area (Å²) in [5, 5.41) is 10.2. The van der Waals surface area contributed by atoms with Crippen molar-refractivity contribution in [1.29, 1.82) is 0 Å². The van der Waals surface area contributed by atoms with E-state index in [4.69, 9.17) is 0 Å². The molecular formula is C61H38O2. The Bertz CT molecular complexity index is 3720. The maximum Gasteiger partial charge on any atom is 0.158 e. The second-order valence-electron chi connectivity index (χ2n) is 23.5. The number of aliphatic hydroxyl groups is 1. The van der Waals surface area contributed by atoms with E-state index in [0.29, 0.717) is 71.5 Å². The van der Waals surface area contributed by atoms with Crippen LogP contribution in [0.15, 0.2) is 135 Å². The zero-order chi connectivity index (χ0) is 39.6. The summed E-state index contributed by atoms with van der Waals surface area (Å²) >= 11 is 0. The van der Waals surface area contributed by atoms with Crippen LogP contribution in [0.25, 0.3) is 33.4 Å². The van der Waals surface area contributed by atoms with Gasteiger partial charge in [0.1, 0.15) is 6.61 Å². The van der Waals surface area contributed by atoms with Gasteiger partial charge in [-0.05, 0) is 177 Å². The number of Topliss-reactive ketones (excluding diaryl/α,β-unsaturated/α-hetero) is 1. The molecule has 0 aliphatic heterocycles. The Kier molecular flexibility index (Phi) is 3.82. The zero-order valence-corrected chi connectivity index (χ0v) is 34.5. The van der Waals surface area contributed by atoms with E-state index >= 15 is 0 Å². The lowest BCUT2D eigenvalue weighted by atomic mass is 9.51. The minimum absolute atomic E-state index is 0.00462. The van der Waals surface area contributed by atoms with E-state index in [1.165, 1.54) is 12.0 Å². The Morgan fingerprint density at radius 2 is 1.52 bits per heavy atom. The lowest BCUT2D eigenvalue weighted by Gasteiger charge is -2.50. The fourth-order valence-electron chi connectivity index (χ4n) is 22.7. The molecule has 0 bridgehead atoms. The summed E-state index contributed by atoms with van der Waals surface area (Å²) < 4.78 is 0. The largest absolute Gasteiger partial charge is 0.389 e. The van der Waals surface area contributed by atoms with Crippen LogP contribution in [0.4, 0.5) is 0 Å². The van der Waals surface area contributed by atoms with Crippen molar-refractivity contribution in [2.24, 2.45) is 46.8 Å². The van der Waals surface area contributed by atoms with Crippen molar-refractivity contribution >= 4 is 28.1 Å². The second-order valence-corrected chi connectivity index (χ2v) is 23.5. The number of benzene rings is 3. The molecule has 0 radical (unpaired) electrons.